The maximum atomic E-state index is 12.7. The van der Waals surface area contributed by atoms with Crippen molar-refractivity contribution in [2.75, 3.05) is 40.3 Å². The molecule has 21 heavy (non-hydrogen) atoms. The van der Waals surface area contributed by atoms with E-state index in [4.69, 9.17) is 4.42 Å². The highest BCUT2D eigenvalue weighted by atomic mass is 16.3. The molecule has 0 atom stereocenters. The van der Waals surface area contributed by atoms with Gasteiger partial charge in [-0.2, -0.15) is 0 Å². The summed E-state index contributed by atoms with van der Waals surface area (Å²) in [6.45, 7) is 7.57. The van der Waals surface area contributed by atoms with E-state index in [1.807, 2.05) is 45.0 Å². The van der Waals surface area contributed by atoms with Crippen LogP contribution in [0.5, 0.6) is 0 Å². The smallest absolute Gasteiger partial charge is 0.249 e. The Morgan fingerprint density at radius 2 is 2.00 bits per heavy atom. The number of hydrogen-bond donors (Lipinski definition) is 1. The first-order valence-electron chi connectivity index (χ1n) is 7.36. The average molecular weight is 291 g/mol. The average Bonchev–Trinajstić information content (AvgIpc) is 2.76. The van der Waals surface area contributed by atoms with Crippen molar-refractivity contribution < 1.29 is 9.21 Å². The third-order valence-electron chi connectivity index (χ3n) is 3.77. The van der Waals surface area contributed by atoms with E-state index in [9.17, 15) is 4.79 Å². The number of amides is 1. The lowest BCUT2D eigenvalue weighted by atomic mass is 10.0. The van der Waals surface area contributed by atoms with Gasteiger partial charge in [0.25, 0.3) is 0 Å². The van der Waals surface area contributed by atoms with E-state index in [2.05, 4.69) is 10.2 Å². The zero-order valence-corrected chi connectivity index (χ0v) is 13.4. The topological polar surface area (TPSA) is 48.7 Å². The molecule has 1 N–H and O–H groups in total. The third-order valence-corrected chi connectivity index (χ3v) is 3.77. The minimum absolute atomic E-state index is 0.113. The van der Waals surface area contributed by atoms with Crippen LogP contribution in [0.4, 0.5) is 0 Å². The molecule has 5 nitrogen and oxygen atoms in total. The van der Waals surface area contributed by atoms with Crippen molar-refractivity contribution in [2.45, 2.75) is 20.4 Å². The van der Waals surface area contributed by atoms with E-state index < -0.39 is 0 Å². The van der Waals surface area contributed by atoms with Crippen LogP contribution in [0.3, 0.4) is 0 Å². The highest BCUT2D eigenvalue weighted by Crippen LogP contribution is 2.15. The lowest BCUT2D eigenvalue weighted by Crippen LogP contribution is -2.40. The Morgan fingerprint density at radius 1 is 1.29 bits per heavy atom. The number of aryl methyl sites for hydroxylation is 1. The summed E-state index contributed by atoms with van der Waals surface area (Å²) in [6.07, 6.45) is 0. The Kier molecular flexibility index (Phi) is 5.20. The van der Waals surface area contributed by atoms with E-state index in [1.165, 1.54) is 5.57 Å². The molecular weight excluding hydrogens is 266 g/mol. The molecule has 0 aromatic carbocycles. The van der Waals surface area contributed by atoms with Gasteiger partial charge in [-0.3, -0.25) is 4.79 Å². The Bertz CT molecular complexity index is 525. The predicted molar refractivity (Wildman–Crippen MR) is 83.0 cm³/mol. The van der Waals surface area contributed by atoms with Gasteiger partial charge in [-0.05, 0) is 45.6 Å². The molecular formula is C16H25N3O2. The second-order valence-electron chi connectivity index (χ2n) is 5.87. The van der Waals surface area contributed by atoms with Gasteiger partial charge in [0.2, 0.25) is 5.91 Å². The van der Waals surface area contributed by atoms with Crippen molar-refractivity contribution in [1.82, 2.24) is 15.1 Å². The van der Waals surface area contributed by atoms with E-state index in [0.29, 0.717) is 13.1 Å². The summed E-state index contributed by atoms with van der Waals surface area (Å²) in [5, 5.41) is 3.18. The number of likely N-dealkylation sites (N-methyl/N-ethyl adjacent to an activating group) is 1. The first kappa shape index (κ1) is 15.8. The molecule has 1 aliphatic rings. The van der Waals surface area contributed by atoms with Crippen LogP contribution in [0.2, 0.25) is 0 Å². The van der Waals surface area contributed by atoms with Gasteiger partial charge in [0.05, 0.1) is 6.54 Å². The molecule has 1 saturated heterocycles. The first-order valence-corrected chi connectivity index (χ1v) is 7.36. The predicted octanol–water partition coefficient (Wildman–Crippen LogP) is 1.40. The molecule has 1 amide bonds. The van der Waals surface area contributed by atoms with Crippen molar-refractivity contribution in [1.29, 1.82) is 0 Å². The lowest BCUT2D eigenvalue weighted by Gasteiger charge is -2.27. The van der Waals surface area contributed by atoms with Gasteiger partial charge in [-0.25, -0.2) is 0 Å². The fourth-order valence-electron chi connectivity index (χ4n) is 2.23. The molecule has 0 radical (unpaired) electrons. The monoisotopic (exact) mass is 291 g/mol. The summed E-state index contributed by atoms with van der Waals surface area (Å²) >= 11 is 0. The number of carbonyl (C=O) groups excluding carboxylic acids is 1. The molecule has 0 spiro atoms. The van der Waals surface area contributed by atoms with Crippen LogP contribution in [-0.2, 0) is 11.3 Å². The van der Waals surface area contributed by atoms with Crippen LogP contribution in [0.15, 0.2) is 27.7 Å². The highest BCUT2D eigenvalue weighted by Gasteiger charge is 2.22. The maximum Gasteiger partial charge on any atom is 0.249 e. The third kappa shape index (κ3) is 4.19. The van der Waals surface area contributed by atoms with Gasteiger partial charge < -0.3 is 19.5 Å². The number of nitrogens with one attached hydrogen (secondary N) is 1. The van der Waals surface area contributed by atoms with Gasteiger partial charge in [0.1, 0.15) is 11.5 Å². The number of furan rings is 1. The minimum atomic E-state index is 0.113. The SMILES string of the molecule is CC(C(=O)N(CCN(C)C)Cc1ccc(C)o1)=C1CNC1. The molecule has 0 saturated carbocycles. The normalized spacial score (nSPS) is 14.2. The van der Waals surface area contributed by atoms with Crippen LogP contribution in [0.1, 0.15) is 18.4 Å². The minimum Gasteiger partial charge on any atom is -0.464 e. The summed E-state index contributed by atoms with van der Waals surface area (Å²) in [7, 11) is 4.03. The molecule has 116 valence electrons. The molecule has 1 aliphatic heterocycles. The van der Waals surface area contributed by atoms with E-state index in [0.717, 1.165) is 36.7 Å². The van der Waals surface area contributed by atoms with Crippen LogP contribution >= 0.6 is 0 Å². The van der Waals surface area contributed by atoms with Crippen LogP contribution in [-0.4, -0.2) is 56.0 Å². The quantitative estimate of drug-likeness (QED) is 0.805. The maximum absolute atomic E-state index is 12.7. The summed E-state index contributed by atoms with van der Waals surface area (Å²) in [4.78, 5) is 16.6. The Hall–Kier alpha value is -1.59. The summed E-state index contributed by atoms with van der Waals surface area (Å²) in [5.74, 6) is 1.83. The molecule has 0 bridgehead atoms. The van der Waals surface area contributed by atoms with E-state index in [-0.39, 0.29) is 5.91 Å². The summed E-state index contributed by atoms with van der Waals surface area (Å²) in [6, 6.07) is 3.88. The molecule has 1 aromatic heterocycles. The van der Waals surface area contributed by atoms with Gasteiger partial charge >= 0.3 is 0 Å². The van der Waals surface area contributed by atoms with Crippen molar-refractivity contribution in [3.05, 3.63) is 34.8 Å². The highest BCUT2D eigenvalue weighted by molar-refractivity contribution is 5.94. The largest absolute Gasteiger partial charge is 0.464 e. The zero-order chi connectivity index (χ0) is 15.4. The zero-order valence-electron chi connectivity index (χ0n) is 13.4. The fourth-order valence-corrected chi connectivity index (χ4v) is 2.23. The van der Waals surface area contributed by atoms with Crippen molar-refractivity contribution in [3.8, 4) is 0 Å². The van der Waals surface area contributed by atoms with Gasteiger partial charge in [-0.1, -0.05) is 0 Å². The van der Waals surface area contributed by atoms with Crippen molar-refractivity contribution >= 4 is 5.91 Å². The Balaban J connectivity index is 2.09. The number of hydrogen-bond acceptors (Lipinski definition) is 4. The molecule has 1 aromatic rings. The van der Waals surface area contributed by atoms with Crippen LogP contribution in [0, 0.1) is 6.92 Å². The number of nitrogens with zero attached hydrogens (tertiary/aromatic N) is 2. The molecule has 2 heterocycles. The second-order valence-corrected chi connectivity index (χ2v) is 5.87. The van der Waals surface area contributed by atoms with Crippen LogP contribution < -0.4 is 5.32 Å². The number of rotatable bonds is 6. The Morgan fingerprint density at radius 3 is 2.48 bits per heavy atom. The standard InChI is InChI=1S/C16H25N3O2/c1-12-5-6-15(21-12)11-19(8-7-18(3)4)16(20)13(2)14-9-17-10-14/h5-6,17H,7-11H2,1-4H3. The van der Waals surface area contributed by atoms with E-state index >= 15 is 0 Å². The molecule has 0 unspecified atom stereocenters. The van der Waals surface area contributed by atoms with Gasteiger partial charge in [0.15, 0.2) is 0 Å². The summed E-state index contributed by atoms with van der Waals surface area (Å²) < 4.78 is 5.62. The number of carbonyl (C=O) groups is 1. The molecule has 0 aliphatic carbocycles. The fraction of sp³-hybridized carbons (Fsp3) is 0.562. The van der Waals surface area contributed by atoms with Crippen molar-refractivity contribution in [3.63, 3.8) is 0 Å². The first-order chi connectivity index (χ1) is 9.97. The van der Waals surface area contributed by atoms with E-state index in [1.54, 1.807) is 0 Å². The molecule has 2 rings (SSSR count). The van der Waals surface area contributed by atoms with Gasteiger partial charge in [-0.15, -0.1) is 0 Å². The molecule has 5 heteroatoms. The summed E-state index contributed by atoms with van der Waals surface area (Å²) in [5.41, 5.74) is 2.08. The second kappa shape index (κ2) is 6.91. The van der Waals surface area contributed by atoms with Gasteiger partial charge in [0, 0.05) is 31.8 Å². The lowest BCUT2D eigenvalue weighted by molar-refractivity contribution is -0.128. The van der Waals surface area contributed by atoms with Crippen LogP contribution in [0.25, 0.3) is 0 Å². The Labute approximate surface area is 126 Å². The van der Waals surface area contributed by atoms with Crippen molar-refractivity contribution in [2.24, 2.45) is 0 Å². The molecule has 1 fully saturated rings.